The Morgan fingerprint density at radius 1 is 1.21 bits per heavy atom. The van der Waals surface area contributed by atoms with E-state index in [9.17, 15) is 18.0 Å². The molecule has 2 atom stereocenters. The maximum Gasteiger partial charge on any atom is 0.325 e. The lowest BCUT2D eigenvalue weighted by atomic mass is 10.2. The summed E-state index contributed by atoms with van der Waals surface area (Å²) in [6.45, 7) is 4.57. The predicted molar refractivity (Wildman–Crippen MR) is 68.5 cm³/mol. The smallest absolute Gasteiger partial charge is 0.314 e. The maximum absolute atomic E-state index is 12.5. The first-order valence-corrected chi connectivity index (χ1v) is 7.34. The third-order valence-corrected chi connectivity index (χ3v) is 5.22. The second-order valence-electron chi connectivity index (χ2n) is 4.63. The Kier molecular flexibility index (Phi) is 3.61. The van der Waals surface area contributed by atoms with E-state index in [1.165, 1.54) is 4.31 Å². The van der Waals surface area contributed by atoms with E-state index in [2.05, 4.69) is 10.3 Å². The molecule has 1 aromatic heterocycles. The van der Waals surface area contributed by atoms with Crippen molar-refractivity contribution in [2.75, 3.05) is 13.1 Å². The molecule has 0 aromatic carbocycles. The average Bonchev–Trinajstić information content (AvgIpc) is 2.27. The van der Waals surface area contributed by atoms with Crippen molar-refractivity contribution in [2.45, 2.75) is 30.8 Å². The van der Waals surface area contributed by atoms with Crippen LogP contribution in [-0.2, 0) is 10.0 Å². The Morgan fingerprint density at radius 3 is 2.32 bits per heavy atom. The van der Waals surface area contributed by atoms with Crippen LogP contribution in [0.3, 0.4) is 0 Å². The van der Waals surface area contributed by atoms with E-state index in [-0.39, 0.29) is 12.1 Å². The molecule has 2 heterocycles. The highest BCUT2D eigenvalue weighted by atomic mass is 32.2. The molecule has 8 nitrogen and oxygen atoms in total. The SMILES string of the molecule is CC1CNCC(C)N1S(=O)(=O)c1c[nH]c(=O)[nH]c1=O. The van der Waals surface area contributed by atoms with E-state index >= 15 is 0 Å². The van der Waals surface area contributed by atoms with Gasteiger partial charge in [0.25, 0.3) is 15.6 Å². The van der Waals surface area contributed by atoms with E-state index in [0.717, 1.165) is 6.20 Å². The van der Waals surface area contributed by atoms with Crippen LogP contribution in [0.1, 0.15) is 13.8 Å². The van der Waals surface area contributed by atoms with Crippen LogP contribution in [0.25, 0.3) is 0 Å². The number of sulfonamides is 1. The zero-order valence-corrected chi connectivity index (χ0v) is 11.5. The first-order valence-electron chi connectivity index (χ1n) is 5.90. The molecule has 0 aliphatic carbocycles. The molecule has 1 fully saturated rings. The number of aromatic nitrogens is 2. The quantitative estimate of drug-likeness (QED) is 0.608. The van der Waals surface area contributed by atoms with Gasteiger partial charge in [0.1, 0.15) is 0 Å². The van der Waals surface area contributed by atoms with Crippen LogP contribution in [0.5, 0.6) is 0 Å². The number of hydrogen-bond acceptors (Lipinski definition) is 5. The van der Waals surface area contributed by atoms with Crippen molar-refractivity contribution in [1.29, 1.82) is 0 Å². The van der Waals surface area contributed by atoms with Gasteiger partial charge in [0.2, 0.25) is 0 Å². The van der Waals surface area contributed by atoms with Gasteiger partial charge < -0.3 is 10.3 Å². The molecule has 0 radical (unpaired) electrons. The molecule has 1 saturated heterocycles. The Morgan fingerprint density at radius 2 is 1.79 bits per heavy atom. The summed E-state index contributed by atoms with van der Waals surface area (Å²) in [6, 6.07) is -0.528. The third-order valence-electron chi connectivity index (χ3n) is 3.09. The average molecular weight is 288 g/mol. The van der Waals surface area contributed by atoms with Crippen molar-refractivity contribution < 1.29 is 8.42 Å². The molecular weight excluding hydrogens is 272 g/mol. The fraction of sp³-hybridized carbons (Fsp3) is 0.600. The van der Waals surface area contributed by atoms with E-state index in [0.29, 0.717) is 13.1 Å². The van der Waals surface area contributed by atoms with E-state index in [1.807, 2.05) is 4.98 Å². The fourth-order valence-corrected chi connectivity index (χ4v) is 4.11. The van der Waals surface area contributed by atoms with Crippen LogP contribution in [0, 0.1) is 0 Å². The summed E-state index contributed by atoms with van der Waals surface area (Å²) in [5, 5.41) is 3.11. The lowest BCUT2D eigenvalue weighted by Gasteiger charge is -2.37. The molecule has 2 unspecified atom stereocenters. The van der Waals surface area contributed by atoms with E-state index < -0.39 is 26.2 Å². The van der Waals surface area contributed by atoms with Crippen molar-refractivity contribution in [1.82, 2.24) is 19.6 Å². The highest BCUT2D eigenvalue weighted by Gasteiger charge is 2.37. The number of piperazine rings is 1. The minimum atomic E-state index is -3.93. The van der Waals surface area contributed by atoms with Crippen molar-refractivity contribution in [2.24, 2.45) is 0 Å². The monoisotopic (exact) mass is 288 g/mol. The highest BCUT2D eigenvalue weighted by Crippen LogP contribution is 2.19. The van der Waals surface area contributed by atoms with Crippen LogP contribution < -0.4 is 16.6 Å². The number of aromatic amines is 2. The van der Waals surface area contributed by atoms with Gasteiger partial charge in [-0.3, -0.25) is 9.78 Å². The molecule has 0 amide bonds. The molecule has 3 N–H and O–H groups in total. The maximum atomic E-state index is 12.5. The van der Waals surface area contributed by atoms with Crippen LogP contribution in [0.4, 0.5) is 0 Å². The molecule has 0 saturated carbocycles. The normalized spacial score (nSPS) is 25.4. The zero-order chi connectivity index (χ0) is 14.2. The largest absolute Gasteiger partial charge is 0.325 e. The van der Waals surface area contributed by atoms with Crippen molar-refractivity contribution in [3.63, 3.8) is 0 Å². The van der Waals surface area contributed by atoms with Gasteiger partial charge in [-0.25, -0.2) is 13.2 Å². The third kappa shape index (κ3) is 2.48. The lowest BCUT2D eigenvalue weighted by molar-refractivity contribution is 0.219. The van der Waals surface area contributed by atoms with Gasteiger partial charge in [0.05, 0.1) is 0 Å². The summed E-state index contributed by atoms with van der Waals surface area (Å²) in [5.41, 5.74) is -1.63. The van der Waals surface area contributed by atoms with Gasteiger partial charge >= 0.3 is 5.69 Å². The summed E-state index contributed by atoms with van der Waals surface area (Å²) >= 11 is 0. The van der Waals surface area contributed by atoms with Gasteiger partial charge in [0.15, 0.2) is 4.90 Å². The second kappa shape index (κ2) is 4.91. The number of rotatable bonds is 2. The summed E-state index contributed by atoms with van der Waals surface area (Å²) in [7, 11) is -3.93. The number of nitrogens with one attached hydrogen (secondary N) is 3. The van der Waals surface area contributed by atoms with E-state index in [4.69, 9.17) is 0 Å². The Bertz CT molecular complexity index is 667. The van der Waals surface area contributed by atoms with Crippen LogP contribution in [0.2, 0.25) is 0 Å². The summed E-state index contributed by atoms with van der Waals surface area (Å²) < 4.78 is 26.3. The molecular formula is C10H16N4O4S. The van der Waals surface area contributed by atoms with Crippen molar-refractivity contribution >= 4 is 10.0 Å². The van der Waals surface area contributed by atoms with Gasteiger partial charge in [0, 0.05) is 31.4 Å². The predicted octanol–water partition coefficient (Wildman–Crippen LogP) is -1.57. The Hall–Kier alpha value is -1.45. The second-order valence-corrected chi connectivity index (χ2v) is 6.44. The molecule has 1 aromatic rings. The number of H-pyrrole nitrogens is 2. The first kappa shape index (κ1) is 14.0. The van der Waals surface area contributed by atoms with Gasteiger partial charge in [-0.05, 0) is 13.8 Å². The lowest BCUT2D eigenvalue weighted by Crippen LogP contribution is -2.57. The fourth-order valence-electron chi connectivity index (χ4n) is 2.29. The summed E-state index contributed by atoms with van der Waals surface area (Å²) in [5.74, 6) is 0. The minimum absolute atomic E-state index is 0.264. The van der Waals surface area contributed by atoms with E-state index in [1.54, 1.807) is 13.8 Å². The molecule has 0 bridgehead atoms. The number of hydrogen-bond donors (Lipinski definition) is 3. The molecule has 1 aliphatic rings. The highest BCUT2D eigenvalue weighted by molar-refractivity contribution is 7.89. The molecule has 106 valence electrons. The van der Waals surface area contributed by atoms with Crippen LogP contribution in [-0.4, -0.2) is 47.9 Å². The molecule has 9 heteroatoms. The zero-order valence-electron chi connectivity index (χ0n) is 10.6. The van der Waals surface area contributed by atoms with Gasteiger partial charge in [-0.1, -0.05) is 0 Å². The van der Waals surface area contributed by atoms with Crippen molar-refractivity contribution in [3.8, 4) is 0 Å². The standard InChI is InChI=1S/C10H16N4O4S/c1-6-3-11-4-7(2)14(6)19(17,18)8-5-12-10(16)13-9(8)15/h5-7,11H,3-4H2,1-2H3,(H2,12,13,15,16). The molecule has 19 heavy (non-hydrogen) atoms. The first-order chi connectivity index (χ1) is 8.84. The molecule has 2 rings (SSSR count). The topological polar surface area (TPSA) is 115 Å². The number of nitrogens with zero attached hydrogens (tertiary/aromatic N) is 1. The van der Waals surface area contributed by atoms with Gasteiger partial charge in [-0.15, -0.1) is 0 Å². The summed E-state index contributed by atoms with van der Waals surface area (Å²) in [6.07, 6.45) is 0.942. The molecule has 0 spiro atoms. The minimum Gasteiger partial charge on any atom is -0.314 e. The van der Waals surface area contributed by atoms with Crippen molar-refractivity contribution in [3.05, 3.63) is 27.0 Å². The molecule has 1 aliphatic heterocycles. The summed E-state index contributed by atoms with van der Waals surface area (Å²) in [4.78, 5) is 26.3. The Labute approximate surface area is 109 Å². The van der Waals surface area contributed by atoms with Crippen LogP contribution >= 0.6 is 0 Å². The van der Waals surface area contributed by atoms with Crippen LogP contribution in [0.15, 0.2) is 20.7 Å². The van der Waals surface area contributed by atoms with Gasteiger partial charge in [-0.2, -0.15) is 4.31 Å². The Balaban J connectivity index is 2.52.